The Bertz CT molecular complexity index is 541. The molecule has 3 heterocycles. The molecule has 18 heavy (non-hydrogen) atoms. The highest BCUT2D eigenvalue weighted by Gasteiger charge is 2.43. The summed E-state index contributed by atoms with van der Waals surface area (Å²) in [4.78, 5) is 11.9. The predicted molar refractivity (Wildman–Crippen MR) is 66.1 cm³/mol. The number of hydrogen-bond acceptors (Lipinski definition) is 4. The Morgan fingerprint density at radius 1 is 1.39 bits per heavy atom. The van der Waals surface area contributed by atoms with Crippen molar-refractivity contribution in [2.75, 3.05) is 19.8 Å². The van der Waals surface area contributed by atoms with Crippen molar-refractivity contribution in [3.8, 4) is 11.3 Å². The van der Waals surface area contributed by atoms with Gasteiger partial charge >= 0.3 is 0 Å². The minimum absolute atomic E-state index is 0.0513. The first-order valence-corrected chi connectivity index (χ1v) is 5.91. The number of aliphatic hydroxyl groups is 1. The molecule has 0 amide bonds. The number of ether oxygens (including phenoxy) is 1. The fraction of sp³-hybridized carbons (Fsp3) is 0.385. The average molecular weight is 245 g/mol. The molecule has 5 nitrogen and oxygen atoms in total. The van der Waals surface area contributed by atoms with Crippen molar-refractivity contribution in [2.24, 2.45) is 0 Å². The van der Waals surface area contributed by atoms with Crippen LogP contribution in [0.1, 0.15) is 11.5 Å². The van der Waals surface area contributed by atoms with E-state index < -0.39 is 0 Å². The van der Waals surface area contributed by atoms with Gasteiger partial charge in [-0.3, -0.25) is 4.98 Å². The summed E-state index contributed by atoms with van der Waals surface area (Å²) in [6.45, 7) is 3.07. The number of aromatic amines is 1. The lowest BCUT2D eigenvalue weighted by Crippen LogP contribution is -2.50. The average Bonchev–Trinajstić information content (AvgIpc) is 2.72. The van der Waals surface area contributed by atoms with Crippen LogP contribution in [-0.2, 0) is 10.2 Å². The van der Waals surface area contributed by atoms with Crippen LogP contribution in [0.15, 0.2) is 24.5 Å². The zero-order valence-corrected chi connectivity index (χ0v) is 10.2. The Balaban J connectivity index is 2.01. The molecular formula is C13H15N3O2. The molecule has 0 atom stereocenters. The molecule has 1 fully saturated rings. The maximum absolute atomic E-state index is 9.51. The quantitative estimate of drug-likeness (QED) is 0.847. The van der Waals surface area contributed by atoms with Gasteiger partial charge in [0, 0.05) is 23.7 Å². The summed E-state index contributed by atoms with van der Waals surface area (Å²) in [5, 5.41) is 9.51. The number of H-pyrrole nitrogens is 1. The number of rotatable bonds is 3. The van der Waals surface area contributed by atoms with Crippen LogP contribution in [-0.4, -0.2) is 39.9 Å². The van der Waals surface area contributed by atoms with Crippen LogP contribution in [0.3, 0.4) is 0 Å². The highest BCUT2D eigenvalue weighted by Crippen LogP contribution is 2.32. The van der Waals surface area contributed by atoms with Gasteiger partial charge in [0.15, 0.2) is 0 Å². The summed E-state index contributed by atoms with van der Waals surface area (Å²) in [6, 6.07) is 3.85. The van der Waals surface area contributed by atoms with E-state index in [1.807, 2.05) is 19.1 Å². The summed E-state index contributed by atoms with van der Waals surface area (Å²) in [5.74, 6) is 0.806. The summed E-state index contributed by atoms with van der Waals surface area (Å²) >= 11 is 0. The number of hydrogen-bond donors (Lipinski definition) is 2. The highest BCUT2D eigenvalue weighted by atomic mass is 16.5. The second-order valence-electron chi connectivity index (χ2n) is 4.73. The number of nitrogens with zero attached hydrogens (tertiary/aromatic N) is 2. The van der Waals surface area contributed by atoms with Crippen molar-refractivity contribution < 1.29 is 9.84 Å². The highest BCUT2D eigenvalue weighted by molar-refractivity contribution is 5.61. The van der Waals surface area contributed by atoms with E-state index in [0.29, 0.717) is 13.2 Å². The summed E-state index contributed by atoms with van der Waals surface area (Å²) < 4.78 is 5.21. The number of nitrogens with one attached hydrogen (secondary N) is 1. The summed E-state index contributed by atoms with van der Waals surface area (Å²) in [5.41, 5.74) is 2.58. The molecule has 0 aliphatic carbocycles. The fourth-order valence-electron chi connectivity index (χ4n) is 2.15. The third kappa shape index (κ3) is 1.63. The van der Waals surface area contributed by atoms with Crippen LogP contribution < -0.4 is 0 Å². The fourth-order valence-corrected chi connectivity index (χ4v) is 2.15. The Labute approximate surface area is 105 Å². The molecule has 94 valence electrons. The van der Waals surface area contributed by atoms with Crippen molar-refractivity contribution in [3.05, 3.63) is 36.0 Å². The summed E-state index contributed by atoms with van der Waals surface area (Å²) in [6.07, 6.45) is 3.49. The molecule has 2 aromatic rings. The first-order chi connectivity index (χ1) is 8.75. The lowest BCUT2D eigenvalue weighted by Gasteiger charge is -2.37. The van der Waals surface area contributed by atoms with Gasteiger partial charge in [-0.1, -0.05) is 0 Å². The third-order valence-electron chi connectivity index (χ3n) is 3.40. The molecule has 0 aromatic carbocycles. The summed E-state index contributed by atoms with van der Waals surface area (Å²) in [7, 11) is 0. The predicted octanol–water partition coefficient (Wildman–Crippen LogP) is 1.04. The Kier molecular flexibility index (Phi) is 2.65. The van der Waals surface area contributed by atoms with Crippen LogP contribution in [0.5, 0.6) is 0 Å². The smallest absolute Gasteiger partial charge is 0.120 e. The van der Waals surface area contributed by atoms with E-state index in [1.54, 1.807) is 12.4 Å². The van der Waals surface area contributed by atoms with E-state index >= 15 is 0 Å². The van der Waals surface area contributed by atoms with Gasteiger partial charge in [-0.15, -0.1) is 0 Å². The Morgan fingerprint density at radius 3 is 2.67 bits per heavy atom. The zero-order chi connectivity index (χ0) is 12.6. The molecule has 0 saturated carbocycles. The van der Waals surface area contributed by atoms with Crippen molar-refractivity contribution in [1.29, 1.82) is 0 Å². The van der Waals surface area contributed by atoms with E-state index in [-0.39, 0.29) is 12.0 Å². The van der Waals surface area contributed by atoms with Crippen LogP contribution in [0.2, 0.25) is 0 Å². The Hall–Kier alpha value is -1.72. The molecule has 0 spiro atoms. The number of imidazole rings is 1. The van der Waals surface area contributed by atoms with E-state index in [2.05, 4.69) is 15.0 Å². The minimum Gasteiger partial charge on any atom is -0.395 e. The van der Waals surface area contributed by atoms with E-state index in [9.17, 15) is 5.11 Å². The second kappa shape index (κ2) is 4.19. The standard InChI is InChI=1S/C13H15N3O2/c1-9-11(10-2-4-14-5-3-10)16-12(15-9)13(6-17)7-18-8-13/h2-5,17H,6-8H2,1H3,(H,15,16). The van der Waals surface area contributed by atoms with Gasteiger partial charge in [-0.05, 0) is 19.1 Å². The van der Waals surface area contributed by atoms with Crippen molar-refractivity contribution >= 4 is 0 Å². The van der Waals surface area contributed by atoms with Gasteiger partial charge in [0.25, 0.3) is 0 Å². The lowest BCUT2D eigenvalue weighted by atomic mass is 9.86. The molecule has 5 heteroatoms. The normalized spacial score (nSPS) is 17.4. The first-order valence-electron chi connectivity index (χ1n) is 5.91. The number of aryl methyl sites for hydroxylation is 1. The van der Waals surface area contributed by atoms with Crippen LogP contribution in [0, 0.1) is 6.92 Å². The van der Waals surface area contributed by atoms with Gasteiger partial charge in [-0.25, -0.2) is 4.98 Å². The lowest BCUT2D eigenvalue weighted by molar-refractivity contribution is -0.0880. The SMILES string of the molecule is Cc1[nH]c(C2(CO)COC2)nc1-c1ccncc1. The molecule has 1 aliphatic rings. The van der Waals surface area contributed by atoms with Gasteiger partial charge in [0.2, 0.25) is 0 Å². The topological polar surface area (TPSA) is 71.0 Å². The van der Waals surface area contributed by atoms with Crippen LogP contribution in [0.25, 0.3) is 11.3 Å². The van der Waals surface area contributed by atoms with E-state index in [4.69, 9.17) is 4.74 Å². The molecule has 0 radical (unpaired) electrons. The maximum Gasteiger partial charge on any atom is 0.120 e. The molecule has 1 saturated heterocycles. The molecule has 3 rings (SSSR count). The van der Waals surface area contributed by atoms with Crippen molar-refractivity contribution in [2.45, 2.75) is 12.3 Å². The minimum atomic E-state index is -0.351. The van der Waals surface area contributed by atoms with Gasteiger partial charge < -0.3 is 14.8 Å². The van der Waals surface area contributed by atoms with Gasteiger partial charge in [-0.2, -0.15) is 0 Å². The molecule has 0 bridgehead atoms. The van der Waals surface area contributed by atoms with Gasteiger partial charge in [0.05, 0.1) is 30.9 Å². The monoisotopic (exact) mass is 245 g/mol. The number of pyridine rings is 1. The number of aliphatic hydroxyl groups excluding tert-OH is 1. The van der Waals surface area contributed by atoms with Crippen molar-refractivity contribution in [3.63, 3.8) is 0 Å². The second-order valence-corrected chi connectivity index (χ2v) is 4.73. The third-order valence-corrected chi connectivity index (χ3v) is 3.40. The van der Waals surface area contributed by atoms with Crippen LogP contribution >= 0.6 is 0 Å². The molecule has 2 N–H and O–H groups in total. The van der Waals surface area contributed by atoms with E-state index in [0.717, 1.165) is 22.8 Å². The molecule has 1 aliphatic heterocycles. The molecule has 2 aromatic heterocycles. The van der Waals surface area contributed by atoms with E-state index in [1.165, 1.54) is 0 Å². The molecular weight excluding hydrogens is 230 g/mol. The zero-order valence-electron chi connectivity index (χ0n) is 10.2. The van der Waals surface area contributed by atoms with Gasteiger partial charge in [0.1, 0.15) is 5.82 Å². The first kappa shape index (κ1) is 11.4. The van der Waals surface area contributed by atoms with Crippen molar-refractivity contribution in [1.82, 2.24) is 15.0 Å². The largest absolute Gasteiger partial charge is 0.395 e. The van der Waals surface area contributed by atoms with Crippen LogP contribution in [0.4, 0.5) is 0 Å². The maximum atomic E-state index is 9.51. The molecule has 0 unspecified atom stereocenters. The Morgan fingerprint density at radius 2 is 2.11 bits per heavy atom. The number of aromatic nitrogens is 3.